The van der Waals surface area contributed by atoms with E-state index in [0.717, 1.165) is 38.9 Å². The topological polar surface area (TPSA) is 35.5 Å². The van der Waals surface area contributed by atoms with E-state index in [4.69, 9.17) is 0 Å². The van der Waals surface area contributed by atoms with E-state index in [9.17, 15) is 5.11 Å². The van der Waals surface area contributed by atoms with Gasteiger partial charge < -0.3 is 15.3 Å². The van der Waals surface area contributed by atoms with Gasteiger partial charge in [0.1, 0.15) is 0 Å². The SMILES string of the molecule is CCCNC(CCN(C)CCC(C)O)c1ccccc1. The third kappa shape index (κ3) is 7.04. The average Bonchev–Trinajstić information content (AvgIpc) is 2.46. The first-order chi connectivity index (χ1) is 9.63. The standard InChI is InChI=1S/C17H30N2O/c1-4-12-18-17(16-8-6-5-7-9-16)11-14-19(3)13-10-15(2)20/h5-9,15,17-18,20H,4,10-14H2,1-3H3. The lowest BCUT2D eigenvalue weighted by atomic mass is 10.0. The van der Waals surface area contributed by atoms with Crippen LogP contribution in [0.3, 0.4) is 0 Å². The van der Waals surface area contributed by atoms with Gasteiger partial charge in [0.15, 0.2) is 0 Å². The van der Waals surface area contributed by atoms with Gasteiger partial charge in [-0.2, -0.15) is 0 Å². The largest absolute Gasteiger partial charge is 0.393 e. The molecule has 3 nitrogen and oxygen atoms in total. The maximum atomic E-state index is 9.33. The number of hydrogen-bond acceptors (Lipinski definition) is 3. The molecule has 0 radical (unpaired) electrons. The van der Waals surface area contributed by atoms with Crippen LogP contribution in [-0.4, -0.2) is 42.8 Å². The highest BCUT2D eigenvalue weighted by Gasteiger charge is 2.11. The summed E-state index contributed by atoms with van der Waals surface area (Å²) in [7, 11) is 2.13. The van der Waals surface area contributed by atoms with Crippen molar-refractivity contribution in [3.8, 4) is 0 Å². The van der Waals surface area contributed by atoms with Crippen LogP contribution < -0.4 is 5.32 Å². The highest BCUT2D eigenvalue weighted by atomic mass is 16.3. The zero-order chi connectivity index (χ0) is 14.8. The highest BCUT2D eigenvalue weighted by Crippen LogP contribution is 2.16. The Kier molecular flexibility index (Phi) is 8.51. The lowest BCUT2D eigenvalue weighted by Gasteiger charge is -2.23. The lowest BCUT2D eigenvalue weighted by molar-refractivity contribution is 0.163. The quantitative estimate of drug-likeness (QED) is 0.691. The highest BCUT2D eigenvalue weighted by molar-refractivity contribution is 5.18. The fourth-order valence-electron chi connectivity index (χ4n) is 2.26. The van der Waals surface area contributed by atoms with Gasteiger partial charge in [0.05, 0.1) is 6.10 Å². The first-order valence-electron chi connectivity index (χ1n) is 7.78. The number of nitrogens with one attached hydrogen (secondary N) is 1. The van der Waals surface area contributed by atoms with Gasteiger partial charge in [-0.15, -0.1) is 0 Å². The summed E-state index contributed by atoms with van der Waals surface area (Å²) in [6.45, 7) is 7.10. The summed E-state index contributed by atoms with van der Waals surface area (Å²) in [5, 5.41) is 13.0. The van der Waals surface area contributed by atoms with Crippen LogP contribution in [0.1, 0.15) is 44.7 Å². The molecule has 2 N–H and O–H groups in total. The second-order valence-electron chi connectivity index (χ2n) is 5.65. The fraction of sp³-hybridized carbons (Fsp3) is 0.647. The molecule has 0 aliphatic carbocycles. The van der Waals surface area contributed by atoms with Crippen molar-refractivity contribution in [2.45, 2.75) is 45.3 Å². The monoisotopic (exact) mass is 278 g/mol. The van der Waals surface area contributed by atoms with Gasteiger partial charge >= 0.3 is 0 Å². The number of aliphatic hydroxyl groups is 1. The molecule has 0 spiro atoms. The fourth-order valence-corrected chi connectivity index (χ4v) is 2.26. The molecule has 20 heavy (non-hydrogen) atoms. The molecule has 3 heteroatoms. The maximum absolute atomic E-state index is 9.33. The summed E-state index contributed by atoms with van der Waals surface area (Å²) in [5.74, 6) is 0. The molecule has 0 aromatic heterocycles. The van der Waals surface area contributed by atoms with Crippen molar-refractivity contribution in [2.24, 2.45) is 0 Å². The number of benzene rings is 1. The van der Waals surface area contributed by atoms with Crippen molar-refractivity contribution in [3.63, 3.8) is 0 Å². The number of aliphatic hydroxyl groups excluding tert-OH is 1. The Bertz CT molecular complexity index is 340. The Balaban J connectivity index is 2.45. The van der Waals surface area contributed by atoms with Crippen LogP contribution in [0.4, 0.5) is 0 Å². The smallest absolute Gasteiger partial charge is 0.0524 e. The summed E-state index contributed by atoms with van der Waals surface area (Å²) in [5.41, 5.74) is 1.37. The third-order valence-electron chi connectivity index (χ3n) is 3.57. The molecule has 0 aliphatic rings. The molecule has 2 unspecified atom stereocenters. The van der Waals surface area contributed by atoms with Gasteiger partial charge in [0.25, 0.3) is 0 Å². The molecule has 0 amide bonds. The summed E-state index contributed by atoms with van der Waals surface area (Å²) in [4.78, 5) is 2.30. The van der Waals surface area contributed by atoms with Crippen molar-refractivity contribution < 1.29 is 5.11 Å². The molecule has 0 fully saturated rings. The van der Waals surface area contributed by atoms with Gasteiger partial charge in [-0.25, -0.2) is 0 Å². The van der Waals surface area contributed by atoms with E-state index in [1.54, 1.807) is 0 Å². The van der Waals surface area contributed by atoms with Gasteiger partial charge in [0.2, 0.25) is 0 Å². The molecule has 1 aromatic rings. The molecule has 0 saturated carbocycles. The summed E-state index contributed by atoms with van der Waals surface area (Å²) >= 11 is 0. The Morgan fingerprint density at radius 1 is 1.15 bits per heavy atom. The predicted octanol–water partition coefficient (Wildman–Crippen LogP) is 2.82. The van der Waals surface area contributed by atoms with Crippen LogP contribution in [0.2, 0.25) is 0 Å². The van der Waals surface area contributed by atoms with Gasteiger partial charge in [-0.05, 0) is 51.9 Å². The van der Waals surface area contributed by atoms with E-state index in [1.165, 1.54) is 5.56 Å². The normalized spacial score (nSPS) is 14.4. The third-order valence-corrected chi connectivity index (χ3v) is 3.57. The zero-order valence-electron chi connectivity index (χ0n) is 13.2. The molecular weight excluding hydrogens is 248 g/mol. The number of rotatable bonds is 10. The minimum Gasteiger partial charge on any atom is -0.393 e. The van der Waals surface area contributed by atoms with Gasteiger partial charge in [-0.1, -0.05) is 37.3 Å². The van der Waals surface area contributed by atoms with Crippen molar-refractivity contribution in [1.82, 2.24) is 10.2 Å². The van der Waals surface area contributed by atoms with Crippen LogP contribution in [0, 0.1) is 0 Å². The average molecular weight is 278 g/mol. The van der Waals surface area contributed by atoms with Crippen molar-refractivity contribution in [3.05, 3.63) is 35.9 Å². The molecule has 0 saturated heterocycles. The molecule has 0 heterocycles. The number of hydrogen-bond donors (Lipinski definition) is 2. The van der Waals surface area contributed by atoms with Crippen LogP contribution >= 0.6 is 0 Å². The first kappa shape index (κ1) is 17.2. The zero-order valence-corrected chi connectivity index (χ0v) is 13.2. The van der Waals surface area contributed by atoms with Crippen molar-refractivity contribution >= 4 is 0 Å². The van der Waals surface area contributed by atoms with E-state index in [-0.39, 0.29) is 6.10 Å². The molecule has 1 aromatic carbocycles. The minimum absolute atomic E-state index is 0.208. The van der Waals surface area contributed by atoms with Crippen LogP contribution in [-0.2, 0) is 0 Å². The van der Waals surface area contributed by atoms with E-state index < -0.39 is 0 Å². The Morgan fingerprint density at radius 3 is 2.40 bits per heavy atom. The lowest BCUT2D eigenvalue weighted by Crippen LogP contribution is -2.29. The van der Waals surface area contributed by atoms with Crippen LogP contribution in [0.15, 0.2) is 30.3 Å². The Labute approximate surface area is 124 Å². The summed E-state index contributed by atoms with van der Waals surface area (Å²) < 4.78 is 0. The van der Waals surface area contributed by atoms with Crippen LogP contribution in [0.25, 0.3) is 0 Å². The predicted molar refractivity (Wildman–Crippen MR) is 85.9 cm³/mol. The van der Waals surface area contributed by atoms with Crippen molar-refractivity contribution in [2.75, 3.05) is 26.7 Å². The van der Waals surface area contributed by atoms with Gasteiger partial charge in [-0.3, -0.25) is 0 Å². The summed E-state index contributed by atoms with van der Waals surface area (Å²) in [6, 6.07) is 11.1. The van der Waals surface area contributed by atoms with E-state index in [0.29, 0.717) is 6.04 Å². The van der Waals surface area contributed by atoms with Gasteiger partial charge in [0, 0.05) is 12.6 Å². The molecule has 1 rings (SSSR count). The van der Waals surface area contributed by atoms with E-state index in [1.807, 2.05) is 6.92 Å². The maximum Gasteiger partial charge on any atom is 0.0524 e. The molecule has 2 atom stereocenters. The Hall–Kier alpha value is -0.900. The molecule has 0 aliphatic heterocycles. The Morgan fingerprint density at radius 2 is 1.80 bits per heavy atom. The minimum atomic E-state index is -0.208. The second kappa shape index (κ2) is 9.92. The molecule has 114 valence electrons. The van der Waals surface area contributed by atoms with Crippen LogP contribution in [0.5, 0.6) is 0 Å². The summed E-state index contributed by atoms with van der Waals surface area (Å²) in [6.07, 6.45) is 2.89. The molecule has 0 bridgehead atoms. The second-order valence-corrected chi connectivity index (χ2v) is 5.65. The van der Waals surface area contributed by atoms with Crippen molar-refractivity contribution in [1.29, 1.82) is 0 Å². The number of nitrogens with zero attached hydrogens (tertiary/aromatic N) is 1. The first-order valence-corrected chi connectivity index (χ1v) is 7.78. The van der Waals surface area contributed by atoms with E-state index >= 15 is 0 Å². The van der Waals surface area contributed by atoms with E-state index in [2.05, 4.69) is 54.5 Å². The molecular formula is C17H30N2O.